The van der Waals surface area contributed by atoms with Crippen LogP contribution in [0.15, 0.2) is 24.3 Å². The molecule has 1 atom stereocenters. The Kier molecular flexibility index (Phi) is 3.75. The monoisotopic (exact) mass is 363 g/mol. The molecular formula is C17H21N3O4S. The van der Waals surface area contributed by atoms with Crippen molar-refractivity contribution in [2.45, 2.75) is 25.3 Å². The van der Waals surface area contributed by atoms with Gasteiger partial charge < -0.3 is 5.73 Å². The van der Waals surface area contributed by atoms with E-state index in [2.05, 4.69) is 0 Å². The van der Waals surface area contributed by atoms with Crippen LogP contribution in [0.1, 0.15) is 40.0 Å². The fourth-order valence-corrected chi connectivity index (χ4v) is 5.35. The number of nitrogens with two attached hydrogens (primary N) is 1. The van der Waals surface area contributed by atoms with Gasteiger partial charge in [-0.05, 0) is 36.8 Å². The molecule has 4 rings (SSSR count). The minimum absolute atomic E-state index is 0.0547. The van der Waals surface area contributed by atoms with Crippen LogP contribution < -0.4 is 5.73 Å². The highest BCUT2D eigenvalue weighted by Crippen LogP contribution is 2.51. The second kappa shape index (κ2) is 5.62. The number of sulfonamides is 1. The Hall–Kier alpha value is -1.77. The SMILES string of the molecule is NC1CCN(S(=O)(=O)CCN2C(=O)c3ccccc3C2=O)CC12CC2. The molecule has 2 heterocycles. The number of nitrogens with zero attached hydrogens (tertiary/aromatic N) is 2. The first-order valence-electron chi connectivity index (χ1n) is 8.53. The summed E-state index contributed by atoms with van der Waals surface area (Å²) >= 11 is 0. The topological polar surface area (TPSA) is 101 Å². The summed E-state index contributed by atoms with van der Waals surface area (Å²) in [6.45, 7) is 0.746. The van der Waals surface area contributed by atoms with Crippen molar-refractivity contribution in [2.75, 3.05) is 25.4 Å². The quantitative estimate of drug-likeness (QED) is 0.782. The van der Waals surface area contributed by atoms with Gasteiger partial charge in [0.25, 0.3) is 11.8 Å². The lowest BCUT2D eigenvalue weighted by Gasteiger charge is -2.36. The molecule has 1 aromatic carbocycles. The molecule has 2 aliphatic heterocycles. The number of rotatable bonds is 4. The highest BCUT2D eigenvalue weighted by atomic mass is 32.2. The molecule has 2 amide bonds. The third-order valence-corrected chi connectivity index (χ3v) is 7.50. The van der Waals surface area contributed by atoms with Gasteiger partial charge in [-0.2, -0.15) is 0 Å². The Morgan fingerprint density at radius 3 is 2.28 bits per heavy atom. The van der Waals surface area contributed by atoms with Crippen LogP contribution in [0.25, 0.3) is 0 Å². The summed E-state index contributed by atoms with van der Waals surface area (Å²) in [7, 11) is -3.53. The molecule has 0 bridgehead atoms. The Morgan fingerprint density at radius 1 is 1.12 bits per heavy atom. The Balaban J connectivity index is 1.45. The van der Waals surface area contributed by atoms with Crippen molar-refractivity contribution in [1.29, 1.82) is 0 Å². The minimum atomic E-state index is -3.53. The normalized spacial score (nSPS) is 25.5. The van der Waals surface area contributed by atoms with Crippen LogP contribution in [0.4, 0.5) is 0 Å². The zero-order valence-corrected chi connectivity index (χ0v) is 14.7. The van der Waals surface area contributed by atoms with Crippen LogP contribution in [-0.2, 0) is 10.0 Å². The van der Waals surface area contributed by atoms with Gasteiger partial charge >= 0.3 is 0 Å². The average Bonchev–Trinajstić information content (AvgIpc) is 3.32. The van der Waals surface area contributed by atoms with Gasteiger partial charge in [0, 0.05) is 25.7 Å². The molecule has 25 heavy (non-hydrogen) atoms. The van der Waals surface area contributed by atoms with Crippen molar-refractivity contribution < 1.29 is 18.0 Å². The van der Waals surface area contributed by atoms with Crippen LogP contribution in [0.5, 0.6) is 0 Å². The molecule has 1 aromatic rings. The van der Waals surface area contributed by atoms with Gasteiger partial charge in [-0.3, -0.25) is 14.5 Å². The molecule has 0 radical (unpaired) electrons. The van der Waals surface area contributed by atoms with E-state index in [-0.39, 0.29) is 23.8 Å². The number of piperidine rings is 1. The maximum Gasteiger partial charge on any atom is 0.261 e. The number of benzene rings is 1. The van der Waals surface area contributed by atoms with Gasteiger partial charge in [0.2, 0.25) is 10.0 Å². The standard InChI is InChI=1S/C17H21N3O4S/c18-14-5-8-19(11-17(14)6-7-17)25(23,24)10-9-20-15(21)12-3-1-2-4-13(12)16(20)22/h1-4,14H,5-11,18H2. The van der Waals surface area contributed by atoms with E-state index in [4.69, 9.17) is 5.73 Å². The van der Waals surface area contributed by atoms with Crippen molar-refractivity contribution in [3.05, 3.63) is 35.4 Å². The van der Waals surface area contributed by atoms with E-state index in [1.807, 2.05) is 0 Å². The first-order chi connectivity index (χ1) is 11.8. The molecule has 1 saturated carbocycles. The van der Waals surface area contributed by atoms with Crippen LogP contribution in [0.3, 0.4) is 0 Å². The number of carbonyl (C=O) groups is 2. The zero-order valence-electron chi connectivity index (χ0n) is 13.8. The third kappa shape index (κ3) is 2.68. The molecule has 7 nitrogen and oxygen atoms in total. The highest BCUT2D eigenvalue weighted by Gasteiger charge is 2.52. The molecule has 8 heteroatoms. The molecule has 1 saturated heterocycles. The lowest BCUT2D eigenvalue weighted by molar-refractivity contribution is 0.0663. The van der Waals surface area contributed by atoms with E-state index in [0.29, 0.717) is 30.6 Å². The van der Waals surface area contributed by atoms with E-state index in [1.54, 1.807) is 24.3 Å². The predicted molar refractivity (Wildman–Crippen MR) is 91.4 cm³/mol. The Labute approximate surface area is 146 Å². The maximum absolute atomic E-state index is 12.7. The fraction of sp³-hybridized carbons (Fsp3) is 0.529. The van der Waals surface area contributed by atoms with Crippen LogP contribution in [-0.4, -0.2) is 60.9 Å². The summed E-state index contributed by atoms with van der Waals surface area (Å²) in [5, 5.41) is 0. The van der Waals surface area contributed by atoms with Gasteiger partial charge in [-0.15, -0.1) is 0 Å². The number of amides is 2. The van der Waals surface area contributed by atoms with Crippen LogP contribution >= 0.6 is 0 Å². The Morgan fingerprint density at radius 2 is 1.72 bits per heavy atom. The lowest BCUT2D eigenvalue weighted by atomic mass is 9.91. The van der Waals surface area contributed by atoms with E-state index >= 15 is 0 Å². The molecular weight excluding hydrogens is 342 g/mol. The van der Waals surface area contributed by atoms with Gasteiger partial charge in [0.05, 0.1) is 16.9 Å². The molecule has 2 N–H and O–H groups in total. The fourth-order valence-electron chi connectivity index (χ4n) is 3.84. The molecule has 3 aliphatic rings. The molecule has 1 unspecified atom stereocenters. The zero-order chi connectivity index (χ0) is 17.8. The smallest absolute Gasteiger partial charge is 0.261 e. The number of imide groups is 1. The molecule has 2 fully saturated rings. The Bertz CT molecular complexity index is 812. The molecule has 1 spiro atoms. The molecule has 1 aliphatic carbocycles. The van der Waals surface area contributed by atoms with Crippen molar-refractivity contribution in [2.24, 2.45) is 11.1 Å². The predicted octanol–water partition coefficient (Wildman–Crippen LogP) is 0.426. The summed E-state index contributed by atoms with van der Waals surface area (Å²) in [6, 6.07) is 6.63. The number of hydrogen-bond donors (Lipinski definition) is 1. The number of carbonyl (C=O) groups excluding carboxylic acids is 2. The van der Waals surface area contributed by atoms with Crippen molar-refractivity contribution in [3.63, 3.8) is 0 Å². The first-order valence-corrected chi connectivity index (χ1v) is 10.1. The van der Waals surface area contributed by atoms with Gasteiger partial charge in [-0.1, -0.05) is 12.1 Å². The minimum Gasteiger partial charge on any atom is -0.327 e. The molecule has 134 valence electrons. The summed E-state index contributed by atoms with van der Waals surface area (Å²) in [5.74, 6) is -1.09. The van der Waals surface area contributed by atoms with Gasteiger partial charge in [0.1, 0.15) is 0 Å². The van der Waals surface area contributed by atoms with Crippen molar-refractivity contribution in [3.8, 4) is 0 Å². The van der Waals surface area contributed by atoms with E-state index in [0.717, 1.165) is 17.7 Å². The molecule has 0 aromatic heterocycles. The van der Waals surface area contributed by atoms with E-state index < -0.39 is 21.8 Å². The summed E-state index contributed by atoms with van der Waals surface area (Å²) in [4.78, 5) is 25.7. The summed E-state index contributed by atoms with van der Waals surface area (Å²) < 4.78 is 26.9. The second-order valence-electron chi connectivity index (χ2n) is 7.21. The third-order valence-electron chi connectivity index (χ3n) is 5.70. The highest BCUT2D eigenvalue weighted by molar-refractivity contribution is 7.89. The van der Waals surface area contributed by atoms with E-state index in [9.17, 15) is 18.0 Å². The van der Waals surface area contributed by atoms with Crippen LogP contribution in [0.2, 0.25) is 0 Å². The largest absolute Gasteiger partial charge is 0.327 e. The van der Waals surface area contributed by atoms with Gasteiger partial charge in [-0.25, -0.2) is 12.7 Å². The van der Waals surface area contributed by atoms with Crippen molar-refractivity contribution in [1.82, 2.24) is 9.21 Å². The second-order valence-corrected chi connectivity index (χ2v) is 9.30. The van der Waals surface area contributed by atoms with Crippen LogP contribution in [0, 0.1) is 5.41 Å². The first kappa shape index (κ1) is 16.7. The number of hydrogen-bond acceptors (Lipinski definition) is 5. The lowest BCUT2D eigenvalue weighted by Crippen LogP contribution is -2.51. The maximum atomic E-state index is 12.7. The van der Waals surface area contributed by atoms with E-state index in [1.165, 1.54) is 4.31 Å². The van der Waals surface area contributed by atoms with Crippen molar-refractivity contribution >= 4 is 21.8 Å². The summed E-state index contributed by atoms with van der Waals surface area (Å²) in [6.07, 6.45) is 2.60. The average molecular weight is 363 g/mol. The number of fused-ring (bicyclic) bond motifs is 1. The van der Waals surface area contributed by atoms with Gasteiger partial charge in [0.15, 0.2) is 0 Å². The summed E-state index contributed by atoms with van der Waals surface area (Å²) in [5.41, 5.74) is 6.74.